The monoisotopic (exact) mass is 195 g/mol. The second kappa shape index (κ2) is 4.77. The lowest BCUT2D eigenvalue weighted by atomic mass is 10.0. The Morgan fingerprint density at radius 2 is 2.46 bits per heavy atom. The van der Waals surface area contributed by atoms with Crippen molar-refractivity contribution < 1.29 is 0 Å². The molecule has 1 saturated heterocycles. The summed E-state index contributed by atoms with van der Waals surface area (Å²) < 4.78 is 0. The molecule has 0 aliphatic carbocycles. The molecule has 2 heteroatoms. The van der Waals surface area contributed by atoms with E-state index in [4.69, 9.17) is 0 Å². The van der Waals surface area contributed by atoms with Gasteiger partial charge in [0.2, 0.25) is 0 Å². The first kappa shape index (κ1) is 9.22. The Morgan fingerprint density at radius 3 is 3.15 bits per heavy atom. The van der Waals surface area contributed by atoms with Gasteiger partial charge >= 0.3 is 0 Å². The highest BCUT2D eigenvalue weighted by Crippen LogP contribution is 2.16. The molecule has 0 saturated carbocycles. The molecule has 0 amide bonds. The molecule has 1 aliphatic heterocycles. The molecule has 1 aromatic rings. The molecule has 2 heterocycles. The van der Waals surface area contributed by atoms with E-state index in [1.54, 1.807) is 0 Å². The Bertz CT molecular complexity index is 224. The maximum absolute atomic E-state index is 3.59. The predicted octanol–water partition coefficient (Wildman–Crippen LogP) is 2.82. The Labute approximate surface area is 84.2 Å². The van der Waals surface area contributed by atoms with Crippen molar-refractivity contribution in [3.05, 3.63) is 22.4 Å². The quantitative estimate of drug-likeness (QED) is 0.782. The van der Waals surface area contributed by atoms with Gasteiger partial charge in [-0.2, -0.15) is 0 Å². The Hall–Kier alpha value is -0.340. The number of hydrogen-bond acceptors (Lipinski definition) is 2. The molecule has 1 aromatic heterocycles. The van der Waals surface area contributed by atoms with Crippen LogP contribution in [0.25, 0.3) is 0 Å². The van der Waals surface area contributed by atoms with Crippen molar-refractivity contribution in [2.45, 2.75) is 38.1 Å². The summed E-state index contributed by atoms with van der Waals surface area (Å²) in [6.45, 7) is 1.23. The third-order valence-corrected chi connectivity index (χ3v) is 3.67. The zero-order valence-corrected chi connectivity index (χ0v) is 8.78. The Morgan fingerprint density at radius 1 is 1.46 bits per heavy atom. The summed E-state index contributed by atoms with van der Waals surface area (Å²) in [5.74, 6) is 0. The maximum atomic E-state index is 3.59. The normalized spacial score (nSPS) is 23.2. The number of rotatable bonds is 3. The van der Waals surface area contributed by atoms with Crippen molar-refractivity contribution in [3.63, 3.8) is 0 Å². The van der Waals surface area contributed by atoms with Crippen LogP contribution < -0.4 is 5.32 Å². The average Bonchev–Trinajstić information content (AvgIpc) is 2.69. The van der Waals surface area contributed by atoms with Crippen LogP contribution >= 0.6 is 11.3 Å². The summed E-state index contributed by atoms with van der Waals surface area (Å²) in [6.07, 6.45) is 6.75. The van der Waals surface area contributed by atoms with Crippen molar-refractivity contribution in [1.29, 1.82) is 0 Å². The molecule has 1 aliphatic rings. The molecule has 0 spiro atoms. The van der Waals surface area contributed by atoms with Crippen molar-refractivity contribution in [3.8, 4) is 0 Å². The van der Waals surface area contributed by atoms with Gasteiger partial charge in [-0.05, 0) is 43.7 Å². The van der Waals surface area contributed by atoms with Gasteiger partial charge in [0.25, 0.3) is 0 Å². The van der Waals surface area contributed by atoms with Gasteiger partial charge in [0.1, 0.15) is 0 Å². The van der Waals surface area contributed by atoms with Crippen LogP contribution in [0.15, 0.2) is 17.5 Å². The first-order valence-corrected chi connectivity index (χ1v) is 6.09. The summed E-state index contributed by atoms with van der Waals surface area (Å²) in [7, 11) is 0. The summed E-state index contributed by atoms with van der Waals surface area (Å²) >= 11 is 1.88. The standard InChI is InChI=1S/C11H17NS/c1-2-8-12-10(4-1)6-7-11-5-3-9-13-11/h3,5,9-10,12H,1-2,4,6-8H2. The number of hydrogen-bond donors (Lipinski definition) is 1. The Balaban J connectivity index is 1.72. The summed E-state index contributed by atoms with van der Waals surface area (Å²) in [6, 6.07) is 5.18. The summed E-state index contributed by atoms with van der Waals surface area (Å²) in [5, 5.41) is 5.76. The first-order valence-electron chi connectivity index (χ1n) is 5.21. The lowest BCUT2D eigenvalue weighted by Crippen LogP contribution is -2.34. The molecule has 1 fully saturated rings. The minimum atomic E-state index is 0.788. The molecule has 1 unspecified atom stereocenters. The highest BCUT2D eigenvalue weighted by molar-refractivity contribution is 7.09. The molecule has 0 bridgehead atoms. The zero-order chi connectivity index (χ0) is 8.93. The fraction of sp³-hybridized carbons (Fsp3) is 0.636. The van der Waals surface area contributed by atoms with Crippen molar-refractivity contribution in [2.75, 3.05) is 6.54 Å². The Kier molecular flexibility index (Phi) is 3.39. The van der Waals surface area contributed by atoms with Crippen molar-refractivity contribution in [2.24, 2.45) is 0 Å². The molecule has 1 atom stereocenters. The van der Waals surface area contributed by atoms with E-state index in [1.165, 1.54) is 43.5 Å². The number of thiophene rings is 1. The van der Waals surface area contributed by atoms with E-state index in [2.05, 4.69) is 22.8 Å². The van der Waals surface area contributed by atoms with E-state index < -0.39 is 0 Å². The van der Waals surface area contributed by atoms with Gasteiger partial charge in [-0.15, -0.1) is 11.3 Å². The van der Waals surface area contributed by atoms with Crippen LogP contribution in [0, 0.1) is 0 Å². The highest BCUT2D eigenvalue weighted by atomic mass is 32.1. The average molecular weight is 195 g/mol. The molecule has 1 nitrogen and oxygen atoms in total. The van der Waals surface area contributed by atoms with Gasteiger partial charge < -0.3 is 5.32 Å². The molecule has 13 heavy (non-hydrogen) atoms. The molecule has 2 rings (SSSR count). The topological polar surface area (TPSA) is 12.0 Å². The summed E-state index contributed by atoms with van der Waals surface area (Å²) in [4.78, 5) is 1.53. The lowest BCUT2D eigenvalue weighted by Gasteiger charge is -2.22. The second-order valence-electron chi connectivity index (χ2n) is 3.76. The minimum Gasteiger partial charge on any atom is -0.314 e. The van der Waals surface area contributed by atoms with E-state index in [0.717, 1.165) is 6.04 Å². The van der Waals surface area contributed by atoms with Crippen LogP contribution in [0.1, 0.15) is 30.6 Å². The van der Waals surface area contributed by atoms with Crippen LogP contribution in [-0.2, 0) is 6.42 Å². The van der Waals surface area contributed by atoms with Crippen LogP contribution in [0.5, 0.6) is 0 Å². The van der Waals surface area contributed by atoms with Gasteiger partial charge in [0.15, 0.2) is 0 Å². The predicted molar refractivity (Wildman–Crippen MR) is 58.3 cm³/mol. The second-order valence-corrected chi connectivity index (χ2v) is 4.80. The molecular formula is C11H17NS. The van der Waals surface area contributed by atoms with Gasteiger partial charge in [0.05, 0.1) is 0 Å². The highest BCUT2D eigenvalue weighted by Gasteiger charge is 2.11. The van der Waals surface area contributed by atoms with E-state index >= 15 is 0 Å². The smallest absolute Gasteiger partial charge is 0.00705 e. The van der Waals surface area contributed by atoms with E-state index in [9.17, 15) is 0 Å². The van der Waals surface area contributed by atoms with E-state index in [1.807, 2.05) is 11.3 Å². The SMILES string of the molecule is c1csc(CCC2CCCCN2)c1. The van der Waals surface area contributed by atoms with Crippen molar-refractivity contribution in [1.82, 2.24) is 5.32 Å². The fourth-order valence-corrected chi connectivity index (χ4v) is 2.67. The van der Waals surface area contributed by atoms with Gasteiger partial charge in [0, 0.05) is 10.9 Å². The maximum Gasteiger partial charge on any atom is 0.00705 e. The molecule has 0 aromatic carbocycles. The third-order valence-electron chi connectivity index (χ3n) is 2.73. The van der Waals surface area contributed by atoms with Crippen LogP contribution in [0.4, 0.5) is 0 Å². The van der Waals surface area contributed by atoms with Gasteiger partial charge in [-0.25, -0.2) is 0 Å². The lowest BCUT2D eigenvalue weighted by molar-refractivity contribution is 0.383. The summed E-state index contributed by atoms with van der Waals surface area (Å²) in [5.41, 5.74) is 0. The molecular weight excluding hydrogens is 178 g/mol. The van der Waals surface area contributed by atoms with Crippen LogP contribution in [0.3, 0.4) is 0 Å². The molecule has 0 radical (unpaired) electrons. The number of nitrogens with one attached hydrogen (secondary N) is 1. The number of piperidine rings is 1. The van der Waals surface area contributed by atoms with Gasteiger partial charge in [-0.3, -0.25) is 0 Å². The number of aryl methyl sites for hydroxylation is 1. The van der Waals surface area contributed by atoms with Crippen LogP contribution in [-0.4, -0.2) is 12.6 Å². The molecule has 1 N–H and O–H groups in total. The van der Waals surface area contributed by atoms with E-state index in [-0.39, 0.29) is 0 Å². The zero-order valence-electron chi connectivity index (χ0n) is 7.96. The molecule has 72 valence electrons. The van der Waals surface area contributed by atoms with Crippen molar-refractivity contribution >= 4 is 11.3 Å². The third kappa shape index (κ3) is 2.82. The fourth-order valence-electron chi connectivity index (χ4n) is 1.94. The van der Waals surface area contributed by atoms with Crippen LogP contribution in [0.2, 0.25) is 0 Å². The van der Waals surface area contributed by atoms with E-state index in [0.29, 0.717) is 0 Å². The first-order chi connectivity index (χ1) is 6.45. The van der Waals surface area contributed by atoms with Gasteiger partial charge in [-0.1, -0.05) is 12.5 Å². The minimum absolute atomic E-state index is 0.788. The largest absolute Gasteiger partial charge is 0.314 e.